The topological polar surface area (TPSA) is 33.1 Å². The summed E-state index contributed by atoms with van der Waals surface area (Å²) < 4.78 is 0. The first-order chi connectivity index (χ1) is 6.77. The lowest BCUT2D eigenvalue weighted by molar-refractivity contribution is 0.220. The van der Waals surface area contributed by atoms with Crippen molar-refractivity contribution in [3.05, 3.63) is 52.0 Å². The van der Waals surface area contributed by atoms with Crippen LogP contribution in [-0.4, -0.2) is 10.1 Å². The third kappa shape index (κ3) is 1.84. The average Bonchev–Trinajstić information content (AvgIpc) is 2.65. The van der Waals surface area contributed by atoms with Gasteiger partial charge in [-0.1, -0.05) is 6.07 Å². The van der Waals surface area contributed by atoms with Crippen molar-refractivity contribution in [2.75, 3.05) is 0 Å². The zero-order chi connectivity index (χ0) is 9.97. The normalized spacial score (nSPS) is 12.7. The van der Waals surface area contributed by atoms with Crippen LogP contribution in [0.4, 0.5) is 0 Å². The van der Waals surface area contributed by atoms with Crippen molar-refractivity contribution >= 4 is 11.3 Å². The van der Waals surface area contributed by atoms with Crippen LogP contribution in [0.15, 0.2) is 36.0 Å². The van der Waals surface area contributed by atoms with Crippen molar-refractivity contribution in [2.45, 2.75) is 13.0 Å². The van der Waals surface area contributed by atoms with E-state index in [9.17, 15) is 5.11 Å². The second kappa shape index (κ2) is 3.90. The minimum Gasteiger partial charge on any atom is -0.384 e. The molecule has 0 saturated carbocycles. The maximum atomic E-state index is 9.97. The number of nitrogens with zero attached hydrogens (tertiary/aromatic N) is 1. The van der Waals surface area contributed by atoms with E-state index in [4.69, 9.17) is 0 Å². The summed E-state index contributed by atoms with van der Waals surface area (Å²) in [6.07, 6.45) is 2.85. The highest BCUT2D eigenvalue weighted by Gasteiger charge is 2.10. The molecule has 3 heteroatoms. The predicted octanol–water partition coefficient (Wildman–Crippen LogP) is 2.53. The molecule has 0 aliphatic carbocycles. The van der Waals surface area contributed by atoms with Crippen LogP contribution >= 0.6 is 11.3 Å². The van der Waals surface area contributed by atoms with Crippen LogP contribution in [-0.2, 0) is 0 Å². The highest BCUT2D eigenvalue weighted by Crippen LogP contribution is 2.25. The molecular formula is C11H11NOS. The van der Waals surface area contributed by atoms with Gasteiger partial charge >= 0.3 is 0 Å². The first-order valence-electron chi connectivity index (χ1n) is 4.40. The lowest BCUT2D eigenvalue weighted by Gasteiger charge is -2.07. The molecule has 0 aliphatic rings. The molecular weight excluding hydrogens is 194 g/mol. The fraction of sp³-hybridized carbons (Fsp3) is 0.182. The van der Waals surface area contributed by atoms with Crippen molar-refractivity contribution in [1.82, 2.24) is 4.98 Å². The van der Waals surface area contributed by atoms with E-state index in [1.54, 1.807) is 23.7 Å². The fourth-order valence-electron chi connectivity index (χ4n) is 1.34. The molecule has 2 aromatic heterocycles. The fourth-order valence-corrected chi connectivity index (χ4v) is 2.06. The Labute approximate surface area is 86.9 Å². The molecule has 2 aromatic rings. The van der Waals surface area contributed by atoms with Crippen LogP contribution in [0.2, 0.25) is 0 Å². The second-order valence-corrected chi connectivity index (χ2v) is 4.29. The van der Waals surface area contributed by atoms with Gasteiger partial charge in [0.25, 0.3) is 0 Å². The summed E-state index contributed by atoms with van der Waals surface area (Å²) in [5.41, 5.74) is 1.78. The molecule has 1 N–H and O–H groups in total. The molecule has 0 bridgehead atoms. The summed E-state index contributed by atoms with van der Waals surface area (Å²) >= 11 is 1.65. The molecule has 0 spiro atoms. The Bertz CT molecular complexity index is 410. The number of aryl methyl sites for hydroxylation is 1. The number of thiophene rings is 1. The van der Waals surface area contributed by atoms with Gasteiger partial charge in [0.1, 0.15) is 6.10 Å². The molecule has 2 heterocycles. The van der Waals surface area contributed by atoms with Gasteiger partial charge in [-0.2, -0.15) is 0 Å². The monoisotopic (exact) mass is 205 g/mol. The average molecular weight is 205 g/mol. The molecule has 0 fully saturated rings. The lowest BCUT2D eigenvalue weighted by atomic mass is 10.1. The van der Waals surface area contributed by atoms with E-state index in [1.807, 2.05) is 30.5 Å². The molecule has 72 valence electrons. The van der Waals surface area contributed by atoms with E-state index in [0.717, 1.165) is 11.1 Å². The Morgan fingerprint density at radius 1 is 1.43 bits per heavy atom. The molecule has 0 aliphatic heterocycles. The molecule has 1 atom stereocenters. The summed E-state index contributed by atoms with van der Waals surface area (Å²) in [6, 6.07) is 5.71. The van der Waals surface area contributed by atoms with Crippen LogP contribution in [0.5, 0.6) is 0 Å². The number of pyridine rings is 1. The van der Waals surface area contributed by atoms with E-state index in [-0.39, 0.29) is 0 Å². The Balaban J connectivity index is 2.29. The molecule has 0 radical (unpaired) electrons. The highest BCUT2D eigenvalue weighted by molar-refractivity contribution is 7.10. The molecule has 2 rings (SSSR count). The largest absolute Gasteiger partial charge is 0.384 e. The standard InChI is InChI=1S/C11H11NOS/c1-8-5-10(7-14-8)11(13)9-3-2-4-12-6-9/h2-7,11,13H,1H3. The predicted molar refractivity (Wildman–Crippen MR) is 57.4 cm³/mol. The van der Waals surface area contributed by atoms with Crippen molar-refractivity contribution in [3.63, 3.8) is 0 Å². The van der Waals surface area contributed by atoms with Crippen molar-refractivity contribution in [2.24, 2.45) is 0 Å². The Hall–Kier alpha value is -1.19. The number of aliphatic hydroxyl groups is 1. The summed E-state index contributed by atoms with van der Waals surface area (Å²) in [5, 5.41) is 12.0. The minimum atomic E-state index is -0.548. The van der Waals surface area contributed by atoms with Crippen molar-refractivity contribution in [1.29, 1.82) is 0 Å². The van der Waals surface area contributed by atoms with Crippen LogP contribution < -0.4 is 0 Å². The number of aliphatic hydroxyl groups excluding tert-OH is 1. The molecule has 2 nitrogen and oxygen atoms in total. The van der Waals surface area contributed by atoms with Crippen LogP contribution in [0.3, 0.4) is 0 Å². The highest BCUT2D eigenvalue weighted by atomic mass is 32.1. The molecule has 0 aromatic carbocycles. The molecule has 0 amide bonds. The number of hydrogen-bond acceptors (Lipinski definition) is 3. The summed E-state index contributed by atoms with van der Waals surface area (Å²) in [7, 11) is 0. The van der Waals surface area contributed by atoms with Gasteiger partial charge in [-0.05, 0) is 30.0 Å². The maximum absolute atomic E-state index is 9.97. The quantitative estimate of drug-likeness (QED) is 0.817. The van der Waals surface area contributed by atoms with Gasteiger partial charge in [-0.25, -0.2) is 0 Å². The van der Waals surface area contributed by atoms with Gasteiger partial charge < -0.3 is 5.11 Å². The van der Waals surface area contributed by atoms with Crippen LogP contribution in [0, 0.1) is 6.92 Å². The lowest BCUT2D eigenvalue weighted by Crippen LogP contribution is -1.97. The molecule has 0 saturated heterocycles. The zero-order valence-corrected chi connectivity index (χ0v) is 8.66. The molecule has 1 unspecified atom stereocenters. The third-order valence-electron chi connectivity index (χ3n) is 2.07. The first kappa shape index (κ1) is 9.37. The summed E-state index contributed by atoms with van der Waals surface area (Å²) in [6.45, 7) is 2.03. The first-order valence-corrected chi connectivity index (χ1v) is 5.28. The van der Waals surface area contributed by atoms with E-state index in [0.29, 0.717) is 0 Å². The number of hydrogen-bond donors (Lipinski definition) is 1. The van der Waals surface area contributed by atoms with Crippen molar-refractivity contribution < 1.29 is 5.11 Å². The van der Waals surface area contributed by atoms with Gasteiger partial charge in [0, 0.05) is 22.8 Å². The van der Waals surface area contributed by atoms with Gasteiger partial charge in [-0.15, -0.1) is 11.3 Å². The van der Waals surface area contributed by atoms with Crippen molar-refractivity contribution in [3.8, 4) is 0 Å². The smallest absolute Gasteiger partial charge is 0.106 e. The third-order valence-corrected chi connectivity index (χ3v) is 2.95. The Morgan fingerprint density at radius 3 is 2.86 bits per heavy atom. The van der Waals surface area contributed by atoms with Gasteiger partial charge in [0.15, 0.2) is 0 Å². The van der Waals surface area contributed by atoms with Gasteiger partial charge in [0.05, 0.1) is 0 Å². The van der Waals surface area contributed by atoms with E-state index < -0.39 is 6.10 Å². The summed E-state index contributed by atoms with van der Waals surface area (Å²) in [5.74, 6) is 0. The van der Waals surface area contributed by atoms with E-state index >= 15 is 0 Å². The van der Waals surface area contributed by atoms with E-state index in [2.05, 4.69) is 4.98 Å². The zero-order valence-electron chi connectivity index (χ0n) is 7.84. The Morgan fingerprint density at radius 2 is 2.29 bits per heavy atom. The number of aromatic nitrogens is 1. The Kier molecular flexibility index (Phi) is 2.61. The number of rotatable bonds is 2. The van der Waals surface area contributed by atoms with Gasteiger partial charge in [-0.3, -0.25) is 4.98 Å². The summed E-state index contributed by atoms with van der Waals surface area (Å²) in [4.78, 5) is 5.19. The minimum absolute atomic E-state index is 0.548. The SMILES string of the molecule is Cc1cc(C(O)c2cccnc2)cs1. The second-order valence-electron chi connectivity index (χ2n) is 3.18. The van der Waals surface area contributed by atoms with E-state index in [1.165, 1.54) is 4.88 Å². The van der Waals surface area contributed by atoms with Crippen LogP contribution in [0.1, 0.15) is 22.1 Å². The maximum Gasteiger partial charge on any atom is 0.106 e. The molecule has 14 heavy (non-hydrogen) atoms. The van der Waals surface area contributed by atoms with Gasteiger partial charge in [0.2, 0.25) is 0 Å². The van der Waals surface area contributed by atoms with Crippen LogP contribution in [0.25, 0.3) is 0 Å².